The Morgan fingerprint density at radius 1 is 0.643 bits per heavy atom. The minimum atomic E-state index is -0.305. The summed E-state index contributed by atoms with van der Waals surface area (Å²) in [5.74, 6) is 0. The molecule has 0 radical (unpaired) electrons. The van der Waals surface area contributed by atoms with E-state index in [1.165, 1.54) is 89.0 Å². The van der Waals surface area contributed by atoms with Gasteiger partial charge in [0.1, 0.15) is 6.54 Å². The van der Waals surface area contributed by atoms with Crippen LogP contribution in [0.4, 0.5) is 0 Å². The van der Waals surface area contributed by atoms with Crippen molar-refractivity contribution in [3.8, 4) is 0 Å². The maximum Gasteiger partial charge on any atom is 0.187 e. The van der Waals surface area contributed by atoms with Crippen LogP contribution in [0.2, 0.25) is 0 Å². The highest BCUT2D eigenvalue weighted by atomic mass is 35.5. The average Bonchev–Trinajstić information content (AvgIpc) is 2.68. The largest absolute Gasteiger partial charge is 0.187 e. The SMILES string of the molecule is CCCCCCCCCCCCCCCC[N+](Cl)(Cl)C(C)(C)c1ccccc1. The first-order chi connectivity index (χ1) is 13.4. The zero-order valence-electron chi connectivity index (χ0n) is 18.7. The summed E-state index contributed by atoms with van der Waals surface area (Å²) >= 11 is 13.4. The zero-order chi connectivity index (χ0) is 20.7. The molecule has 0 unspecified atom stereocenters. The molecule has 1 nitrogen and oxygen atoms in total. The molecular formula is C25H44Cl2N+. The molecule has 0 atom stereocenters. The lowest BCUT2D eigenvalue weighted by molar-refractivity contribution is -0.761. The van der Waals surface area contributed by atoms with Crippen molar-refractivity contribution in [3.63, 3.8) is 0 Å². The molecule has 0 heterocycles. The van der Waals surface area contributed by atoms with E-state index in [9.17, 15) is 0 Å². The molecule has 0 spiro atoms. The molecule has 0 aromatic heterocycles. The van der Waals surface area contributed by atoms with Gasteiger partial charge in [-0.05, 0) is 26.7 Å². The van der Waals surface area contributed by atoms with Crippen molar-refractivity contribution >= 4 is 23.6 Å². The van der Waals surface area contributed by atoms with E-state index in [0.29, 0.717) is 0 Å². The van der Waals surface area contributed by atoms with Crippen LogP contribution in [0.1, 0.15) is 116 Å². The number of hydrogen-bond acceptors (Lipinski definition) is 0. The first-order valence-corrected chi connectivity index (χ1v) is 12.4. The van der Waals surface area contributed by atoms with E-state index in [-0.39, 0.29) is 9.06 Å². The molecule has 28 heavy (non-hydrogen) atoms. The van der Waals surface area contributed by atoms with Crippen molar-refractivity contribution in [1.29, 1.82) is 0 Å². The molecule has 0 fully saturated rings. The van der Waals surface area contributed by atoms with Crippen LogP contribution in [-0.2, 0) is 5.54 Å². The number of halogens is 2. The second kappa shape index (κ2) is 14.7. The third-order valence-corrected chi connectivity index (χ3v) is 7.27. The lowest BCUT2D eigenvalue weighted by Gasteiger charge is -2.36. The normalized spacial score (nSPS) is 12.5. The Morgan fingerprint density at radius 3 is 1.46 bits per heavy atom. The van der Waals surface area contributed by atoms with Crippen LogP contribution in [0.15, 0.2) is 30.3 Å². The van der Waals surface area contributed by atoms with E-state index >= 15 is 0 Å². The van der Waals surface area contributed by atoms with Crippen LogP contribution in [0.3, 0.4) is 0 Å². The molecule has 0 N–H and O–H groups in total. The Hall–Kier alpha value is -0.240. The maximum atomic E-state index is 6.72. The number of unbranched alkanes of at least 4 members (excludes halogenated alkanes) is 13. The number of hydrogen-bond donors (Lipinski definition) is 0. The molecule has 1 aromatic rings. The van der Waals surface area contributed by atoms with Crippen LogP contribution in [0.5, 0.6) is 0 Å². The first-order valence-electron chi connectivity index (χ1n) is 11.7. The minimum absolute atomic E-state index is 0.00920. The predicted octanol–water partition coefficient (Wildman–Crippen LogP) is 9.53. The summed E-state index contributed by atoms with van der Waals surface area (Å²) in [6, 6.07) is 10.4. The summed E-state index contributed by atoms with van der Waals surface area (Å²) in [6.07, 6.45) is 19.1. The van der Waals surface area contributed by atoms with Crippen molar-refractivity contribution in [2.45, 2.75) is 116 Å². The van der Waals surface area contributed by atoms with Crippen LogP contribution in [-0.4, -0.2) is 10.1 Å². The van der Waals surface area contributed by atoms with E-state index in [1.807, 2.05) is 6.07 Å². The summed E-state index contributed by atoms with van der Waals surface area (Å²) in [5, 5.41) is 0. The standard InChI is InChI=1S/C25H44Cl2N/c1-4-5-6-7-8-9-10-11-12-13-14-15-16-20-23-28(26,27)25(2,3)24-21-18-17-19-22-24/h17-19,21-22H,4-16,20,23H2,1-3H3/q+1. The van der Waals surface area contributed by atoms with Gasteiger partial charge in [0, 0.05) is 5.56 Å². The molecule has 0 aliphatic rings. The fourth-order valence-corrected chi connectivity index (χ4v) is 4.25. The van der Waals surface area contributed by atoms with Gasteiger partial charge >= 0.3 is 0 Å². The monoisotopic (exact) mass is 428 g/mol. The van der Waals surface area contributed by atoms with Crippen LogP contribution >= 0.6 is 23.6 Å². The molecule has 0 aliphatic carbocycles. The lowest BCUT2D eigenvalue weighted by Crippen LogP contribution is -2.45. The Balaban J connectivity index is 2.03. The molecule has 1 rings (SSSR count). The topological polar surface area (TPSA) is 0 Å². The predicted molar refractivity (Wildman–Crippen MR) is 127 cm³/mol. The Kier molecular flexibility index (Phi) is 13.5. The average molecular weight is 430 g/mol. The van der Waals surface area contributed by atoms with Gasteiger partial charge in [-0.2, -0.15) is 0 Å². The number of quaternary nitrogens is 1. The van der Waals surface area contributed by atoms with E-state index in [0.717, 1.165) is 13.0 Å². The van der Waals surface area contributed by atoms with Gasteiger partial charge in [-0.3, -0.25) is 0 Å². The zero-order valence-corrected chi connectivity index (χ0v) is 20.2. The van der Waals surface area contributed by atoms with Crippen molar-refractivity contribution in [2.75, 3.05) is 6.54 Å². The first kappa shape index (κ1) is 25.8. The molecular weight excluding hydrogens is 385 g/mol. The van der Waals surface area contributed by atoms with Crippen molar-refractivity contribution in [3.05, 3.63) is 35.9 Å². The Morgan fingerprint density at radius 2 is 1.04 bits per heavy atom. The third-order valence-electron chi connectivity index (χ3n) is 6.09. The fourth-order valence-electron chi connectivity index (χ4n) is 3.82. The third kappa shape index (κ3) is 9.99. The summed E-state index contributed by atoms with van der Waals surface area (Å²) in [4.78, 5) is 0. The van der Waals surface area contributed by atoms with Crippen molar-refractivity contribution < 1.29 is 3.52 Å². The summed E-state index contributed by atoms with van der Waals surface area (Å²) in [6.45, 7) is 7.34. The summed E-state index contributed by atoms with van der Waals surface area (Å²) < 4.78 is 0.00920. The second-order valence-electron chi connectivity index (χ2n) is 8.87. The molecule has 0 amide bonds. The molecule has 3 heteroatoms. The Bertz CT molecular complexity index is 485. The van der Waals surface area contributed by atoms with Gasteiger partial charge in [-0.15, -0.1) is 3.52 Å². The van der Waals surface area contributed by atoms with E-state index in [2.05, 4.69) is 45.0 Å². The molecule has 1 aromatic carbocycles. The molecule has 162 valence electrons. The molecule has 0 saturated carbocycles. The molecule has 0 saturated heterocycles. The lowest BCUT2D eigenvalue weighted by atomic mass is 9.94. The van der Waals surface area contributed by atoms with Gasteiger partial charge in [-0.25, -0.2) is 0 Å². The number of benzene rings is 1. The van der Waals surface area contributed by atoms with Gasteiger partial charge in [0.15, 0.2) is 29.1 Å². The van der Waals surface area contributed by atoms with Gasteiger partial charge in [0.25, 0.3) is 0 Å². The van der Waals surface area contributed by atoms with Crippen molar-refractivity contribution in [2.24, 2.45) is 0 Å². The summed E-state index contributed by atoms with van der Waals surface area (Å²) in [7, 11) is 0. The van der Waals surface area contributed by atoms with E-state index in [4.69, 9.17) is 23.6 Å². The maximum absolute atomic E-state index is 6.72. The van der Waals surface area contributed by atoms with Crippen LogP contribution in [0.25, 0.3) is 0 Å². The van der Waals surface area contributed by atoms with Crippen LogP contribution in [0, 0.1) is 0 Å². The van der Waals surface area contributed by atoms with Gasteiger partial charge in [-0.1, -0.05) is 114 Å². The van der Waals surface area contributed by atoms with Crippen LogP contribution < -0.4 is 0 Å². The van der Waals surface area contributed by atoms with E-state index in [1.54, 1.807) is 0 Å². The molecule has 0 bridgehead atoms. The van der Waals surface area contributed by atoms with Crippen molar-refractivity contribution in [1.82, 2.24) is 0 Å². The highest BCUT2D eigenvalue weighted by molar-refractivity contribution is 6.23. The smallest absolute Gasteiger partial charge is 0.115 e. The van der Waals surface area contributed by atoms with E-state index < -0.39 is 0 Å². The van der Waals surface area contributed by atoms with Gasteiger partial charge < -0.3 is 0 Å². The Labute approximate surface area is 185 Å². The number of rotatable bonds is 17. The van der Waals surface area contributed by atoms with Gasteiger partial charge in [0.05, 0.1) is 0 Å². The van der Waals surface area contributed by atoms with Gasteiger partial charge in [0.2, 0.25) is 0 Å². The second-order valence-corrected chi connectivity index (χ2v) is 10.2. The fraction of sp³-hybridized carbons (Fsp3) is 0.760. The molecule has 0 aliphatic heterocycles. The summed E-state index contributed by atoms with van der Waals surface area (Å²) in [5.41, 5.74) is 0.881. The minimum Gasteiger partial charge on any atom is -0.115 e. The highest BCUT2D eigenvalue weighted by Gasteiger charge is 2.44. The highest BCUT2D eigenvalue weighted by Crippen LogP contribution is 2.40. The number of nitrogens with zero attached hydrogens (tertiary/aromatic N) is 1. The quantitative estimate of drug-likeness (QED) is 0.171.